The molecule has 20 heavy (non-hydrogen) atoms. The number of aromatic amines is 1. The average molecular weight is 271 g/mol. The molecule has 0 amide bonds. The summed E-state index contributed by atoms with van der Waals surface area (Å²) >= 11 is 0. The number of fused-ring (bicyclic) bond motifs is 1. The summed E-state index contributed by atoms with van der Waals surface area (Å²) in [5.41, 5.74) is 2.20. The van der Waals surface area contributed by atoms with Crippen LogP contribution in [0.5, 0.6) is 11.5 Å². The second-order valence-electron chi connectivity index (χ2n) is 5.12. The fourth-order valence-corrected chi connectivity index (χ4v) is 2.62. The molecule has 0 bridgehead atoms. The second kappa shape index (κ2) is 5.41. The van der Waals surface area contributed by atoms with Crippen molar-refractivity contribution in [1.29, 1.82) is 0 Å². The Balaban J connectivity index is 1.74. The summed E-state index contributed by atoms with van der Waals surface area (Å²) in [6.07, 6.45) is 3.52. The number of hydrogen-bond donors (Lipinski definition) is 1. The molecule has 4 nitrogen and oxygen atoms in total. The molecule has 2 aromatic rings. The molecule has 1 aliphatic heterocycles. The van der Waals surface area contributed by atoms with Crippen LogP contribution in [0, 0.1) is 5.92 Å². The number of benzene rings is 1. The van der Waals surface area contributed by atoms with Gasteiger partial charge in [-0.15, -0.1) is 0 Å². The zero-order valence-corrected chi connectivity index (χ0v) is 11.4. The number of aromatic nitrogens is 1. The first-order valence-electron chi connectivity index (χ1n) is 6.72. The molecule has 0 radical (unpaired) electrons. The van der Waals surface area contributed by atoms with Gasteiger partial charge in [0, 0.05) is 24.2 Å². The molecular weight excluding hydrogens is 254 g/mol. The van der Waals surface area contributed by atoms with Gasteiger partial charge >= 0.3 is 0 Å². The van der Waals surface area contributed by atoms with Crippen LogP contribution in [0.3, 0.4) is 0 Å². The summed E-state index contributed by atoms with van der Waals surface area (Å²) in [6.45, 7) is 0.674. The van der Waals surface area contributed by atoms with Crippen LogP contribution < -0.4 is 15.0 Å². The first kappa shape index (κ1) is 12.8. The standard InChI is InChI=1S/C16H17NO3/c1-19-14-3-2-13-7-12(10-20-15(13)9-14)6-11-4-5-17-16(18)8-11/h2-5,8-9,12H,6-7,10H2,1H3,(H,17,18). The van der Waals surface area contributed by atoms with Gasteiger partial charge in [-0.3, -0.25) is 4.79 Å². The van der Waals surface area contributed by atoms with E-state index in [2.05, 4.69) is 11.1 Å². The fourth-order valence-electron chi connectivity index (χ4n) is 2.62. The van der Waals surface area contributed by atoms with E-state index in [1.54, 1.807) is 19.4 Å². The SMILES string of the molecule is COc1ccc2c(c1)OCC(Cc1cc[nH]c(=O)c1)C2. The lowest BCUT2D eigenvalue weighted by atomic mass is 9.91. The van der Waals surface area contributed by atoms with Crippen molar-refractivity contribution in [2.24, 2.45) is 5.92 Å². The second-order valence-corrected chi connectivity index (χ2v) is 5.12. The van der Waals surface area contributed by atoms with E-state index >= 15 is 0 Å². The third-order valence-corrected chi connectivity index (χ3v) is 3.62. The highest BCUT2D eigenvalue weighted by Crippen LogP contribution is 2.31. The molecule has 0 fully saturated rings. The molecule has 4 heteroatoms. The van der Waals surface area contributed by atoms with Crippen molar-refractivity contribution in [3.05, 3.63) is 58.0 Å². The minimum Gasteiger partial charge on any atom is -0.497 e. The van der Waals surface area contributed by atoms with Gasteiger partial charge in [0.05, 0.1) is 13.7 Å². The molecule has 3 rings (SSSR count). The molecule has 1 atom stereocenters. The third kappa shape index (κ3) is 2.69. The van der Waals surface area contributed by atoms with Crippen LogP contribution in [-0.2, 0) is 12.8 Å². The van der Waals surface area contributed by atoms with Gasteiger partial charge < -0.3 is 14.5 Å². The summed E-state index contributed by atoms with van der Waals surface area (Å²) in [4.78, 5) is 13.9. The van der Waals surface area contributed by atoms with Gasteiger partial charge in [0.1, 0.15) is 11.5 Å². The van der Waals surface area contributed by atoms with E-state index in [4.69, 9.17) is 9.47 Å². The van der Waals surface area contributed by atoms with E-state index in [1.165, 1.54) is 5.56 Å². The zero-order valence-electron chi connectivity index (χ0n) is 11.4. The Morgan fingerprint density at radius 3 is 3.05 bits per heavy atom. The molecule has 1 aromatic carbocycles. The Labute approximate surface area is 117 Å². The maximum absolute atomic E-state index is 11.3. The lowest BCUT2D eigenvalue weighted by Crippen LogP contribution is -2.23. The van der Waals surface area contributed by atoms with E-state index in [1.807, 2.05) is 18.2 Å². The number of ether oxygens (including phenoxy) is 2. The van der Waals surface area contributed by atoms with Crippen LogP contribution in [-0.4, -0.2) is 18.7 Å². The largest absolute Gasteiger partial charge is 0.497 e. The highest BCUT2D eigenvalue weighted by atomic mass is 16.5. The third-order valence-electron chi connectivity index (χ3n) is 3.62. The van der Waals surface area contributed by atoms with Crippen LogP contribution in [0.4, 0.5) is 0 Å². The lowest BCUT2D eigenvalue weighted by Gasteiger charge is -2.25. The Kier molecular flexibility index (Phi) is 3.46. The van der Waals surface area contributed by atoms with Gasteiger partial charge in [0.25, 0.3) is 0 Å². The maximum Gasteiger partial charge on any atom is 0.248 e. The van der Waals surface area contributed by atoms with Crippen LogP contribution >= 0.6 is 0 Å². The zero-order chi connectivity index (χ0) is 13.9. The predicted molar refractivity (Wildman–Crippen MR) is 76.4 cm³/mol. The van der Waals surface area contributed by atoms with E-state index in [0.717, 1.165) is 29.9 Å². The number of H-pyrrole nitrogens is 1. The molecule has 0 aliphatic carbocycles. The summed E-state index contributed by atoms with van der Waals surface area (Å²) in [5, 5.41) is 0. The number of hydrogen-bond acceptors (Lipinski definition) is 3. The summed E-state index contributed by atoms with van der Waals surface area (Å²) in [7, 11) is 1.65. The predicted octanol–water partition coefficient (Wildman–Crippen LogP) is 2.18. The highest BCUT2D eigenvalue weighted by molar-refractivity contribution is 5.42. The van der Waals surface area contributed by atoms with Gasteiger partial charge in [0.2, 0.25) is 5.56 Å². The highest BCUT2D eigenvalue weighted by Gasteiger charge is 2.20. The normalized spacial score (nSPS) is 17.1. The van der Waals surface area contributed by atoms with Gasteiger partial charge in [-0.25, -0.2) is 0 Å². The van der Waals surface area contributed by atoms with Crippen molar-refractivity contribution in [2.75, 3.05) is 13.7 Å². The van der Waals surface area contributed by atoms with Crippen LogP contribution in [0.1, 0.15) is 11.1 Å². The van der Waals surface area contributed by atoms with E-state index in [0.29, 0.717) is 12.5 Å². The molecule has 0 saturated heterocycles. The van der Waals surface area contributed by atoms with Crippen molar-refractivity contribution in [1.82, 2.24) is 4.98 Å². The molecule has 1 unspecified atom stereocenters. The lowest BCUT2D eigenvalue weighted by molar-refractivity contribution is 0.220. The molecule has 1 aromatic heterocycles. The number of nitrogens with one attached hydrogen (secondary N) is 1. The molecular formula is C16H17NO3. The Morgan fingerprint density at radius 1 is 1.35 bits per heavy atom. The molecule has 1 aliphatic rings. The minimum absolute atomic E-state index is 0.0515. The fraction of sp³-hybridized carbons (Fsp3) is 0.312. The quantitative estimate of drug-likeness (QED) is 0.931. The molecule has 0 spiro atoms. The molecule has 2 heterocycles. The van der Waals surface area contributed by atoms with Crippen molar-refractivity contribution < 1.29 is 9.47 Å². The van der Waals surface area contributed by atoms with Gasteiger partial charge in [-0.1, -0.05) is 6.07 Å². The number of rotatable bonds is 3. The van der Waals surface area contributed by atoms with Crippen molar-refractivity contribution in [3.63, 3.8) is 0 Å². The van der Waals surface area contributed by atoms with Crippen LogP contribution in [0.2, 0.25) is 0 Å². The maximum atomic E-state index is 11.3. The number of pyridine rings is 1. The van der Waals surface area contributed by atoms with Crippen molar-refractivity contribution in [3.8, 4) is 11.5 Å². The summed E-state index contributed by atoms with van der Waals surface area (Å²) in [5.74, 6) is 2.13. The van der Waals surface area contributed by atoms with E-state index in [9.17, 15) is 4.79 Å². The van der Waals surface area contributed by atoms with E-state index in [-0.39, 0.29) is 5.56 Å². The Hall–Kier alpha value is -2.23. The van der Waals surface area contributed by atoms with Crippen LogP contribution in [0.25, 0.3) is 0 Å². The summed E-state index contributed by atoms with van der Waals surface area (Å²) in [6, 6.07) is 9.54. The Morgan fingerprint density at radius 2 is 2.25 bits per heavy atom. The topological polar surface area (TPSA) is 51.3 Å². The monoisotopic (exact) mass is 271 g/mol. The smallest absolute Gasteiger partial charge is 0.248 e. The first-order chi connectivity index (χ1) is 9.74. The summed E-state index contributed by atoms with van der Waals surface area (Å²) < 4.78 is 11.0. The van der Waals surface area contributed by atoms with Crippen molar-refractivity contribution in [2.45, 2.75) is 12.8 Å². The van der Waals surface area contributed by atoms with Crippen molar-refractivity contribution >= 4 is 0 Å². The molecule has 104 valence electrons. The van der Waals surface area contributed by atoms with Gasteiger partial charge in [0.15, 0.2) is 0 Å². The first-order valence-corrected chi connectivity index (χ1v) is 6.72. The average Bonchev–Trinajstić information content (AvgIpc) is 2.47. The van der Waals surface area contributed by atoms with Gasteiger partial charge in [-0.2, -0.15) is 0 Å². The molecule has 1 N–H and O–H groups in total. The van der Waals surface area contributed by atoms with Crippen LogP contribution in [0.15, 0.2) is 41.3 Å². The number of methoxy groups -OCH3 is 1. The minimum atomic E-state index is -0.0515. The Bertz CT molecular complexity index is 663. The van der Waals surface area contributed by atoms with Gasteiger partial charge in [-0.05, 0) is 36.1 Å². The molecule has 0 saturated carbocycles. The van der Waals surface area contributed by atoms with E-state index < -0.39 is 0 Å².